The highest BCUT2D eigenvalue weighted by molar-refractivity contribution is 8.18. The highest BCUT2D eigenvalue weighted by atomic mass is 35.5. The summed E-state index contributed by atoms with van der Waals surface area (Å²) in [4.78, 5) is 48.1. The number of nitrogens with zero attached hydrogens (tertiary/aromatic N) is 2. The van der Waals surface area contributed by atoms with Gasteiger partial charge in [0, 0.05) is 12.1 Å². The molecular formula is C21H17ClN2O8S. The zero-order valence-corrected chi connectivity index (χ0v) is 19.0. The summed E-state index contributed by atoms with van der Waals surface area (Å²) in [5.74, 6) is -0.804. The number of rotatable bonds is 8. The van der Waals surface area contributed by atoms with Gasteiger partial charge >= 0.3 is 5.97 Å². The fourth-order valence-electron chi connectivity index (χ4n) is 2.89. The molecule has 33 heavy (non-hydrogen) atoms. The molecule has 0 spiro atoms. The summed E-state index contributed by atoms with van der Waals surface area (Å²) in [6, 6.07) is 8.74. The molecule has 1 aliphatic heterocycles. The number of halogens is 1. The molecule has 0 aromatic heterocycles. The molecule has 1 heterocycles. The molecule has 0 N–H and O–H groups in total. The lowest BCUT2D eigenvalue weighted by atomic mass is 10.1. The monoisotopic (exact) mass is 492 g/mol. The molecule has 1 saturated heterocycles. The van der Waals surface area contributed by atoms with Crippen molar-refractivity contribution in [2.75, 3.05) is 20.8 Å². The van der Waals surface area contributed by atoms with E-state index in [9.17, 15) is 24.5 Å². The van der Waals surface area contributed by atoms with Crippen LogP contribution in [0.15, 0.2) is 41.3 Å². The second kappa shape index (κ2) is 10.4. The van der Waals surface area contributed by atoms with E-state index in [1.54, 1.807) is 6.07 Å². The van der Waals surface area contributed by atoms with Crippen LogP contribution in [0, 0.1) is 10.1 Å². The Hall–Kier alpha value is -3.57. The van der Waals surface area contributed by atoms with Crippen molar-refractivity contribution in [1.82, 2.24) is 4.90 Å². The highest BCUT2D eigenvalue weighted by Gasteiger charge is 2.35. The lowest BCUT2D eigenvalue weighted by Crippen LogP contribution is -2.27. The van der Waals surface area contributed by atoms with E-state index < -0.39 is 22.0 Å². The molecule has 1 aliphatic rings. The number of ether oxygens (including phenoxy) is 3. The summed E-state index contributed by atoms with van der Waals surface area (Å²) in [7, 11) is 2.60. The van der Waals surface area contributed by atoms with Crippen LogP contribution in [0.3, 0.4) is 0 Å². The van der Waals surface area contributed by atoms with Crippen LogP contribution in [0.1, 0.15) is 11.1 Å². The Morgan fingerprint density at radius 2 is 2.00 bits per heavy atom. The molecule has 2 aromatic rings. The van der Waals surface area contributed by atoms with Gasteiger partial charge in [-0.25, -0.2) is 4.79 Å². The summed E-state index contributed by atoms with van der Waals surface area (Å²) in [5, 5.41) is 10.6. The normalized spacial score (nSPS) is 14.5. The van der Waals surface area contributed by atoms with Gasteiger partial charge in [-0.15, -0.1) is 0 Å². The molecular weight excluding hydrogens is 476 g/mol. The van der Waals surface area contributed by atoms with Gasteiger partial charge in [0.1, 0.15) is 0 Å². The fourth-order valence-corrected chi connectivity index (χ4v) is 4.00. The number of hydrogen-bond acceptors (Lipinski definition) is 9. The van der Waals surface area contributed by atoms with Crippen LogP contribution in [-0.4, -0.2) is 47.8 Å². The van der Waals surface area contributed by atoms with E-state index >= 15 is 0 Å². The Labute approximate surface area is 197 Å². The Balaban J connectivity index is 1.82. The number of carbonyl (C=O) groups excluding carboxylic acids is 3. The molecule has 2 aromatic carbocycles. The zero-order chi connectivity index (χ0) is 24.1. The molecule has 0 unspecified atom stereocenters. The van der Waals surface area contributed by atoms with Crippen molar-refractivity contribution in [1.29, 1.82) is 0 Å². The average Bonchev–Trinajstić information content (AvgIpc) is 3.05. The number of methoxy groups -OCH3 is 2. The smallest absolute Gasteiger partial charge is 0.343 e. The molecule has 0 saturated carbocycles. The summed E-state index contributed by atoms with van der Waals surface area (Å²) in [6.45, 7) is -0.476. The third-order valence-corrected chi connectivity index (χ3v) is 5.64. The SMILES string of the molecule is COC(=O)COc1c(Cl)cc(/C=C2/SC(=O)N(Cc3cccc([N+](=O)[O-])c3)C2=O)cc1OC. The first-order chi connectivity index (χ1) is 15.7. The van der Waals surface area contributed by atoms with Crippen LogP contribution >= 0.6 is 23.4 Å². The van der Waals surface area contributed by atoms with Gasteiger partial charge in [-0.3, -0.25) is 24.6 Å². The summed E-state index contributed by atoms with van der Waals surface area (Å²) >= 11 is 6.99. The minimum Gasteiger partial charge on any atom is -0.493 e. The van der Waals surface area contributed by atoms with Crippen molar-refractivity contribution in [3.05, 3.63) is 67.6 Å². The van der Waals surface area contributed by atoms with Crippen molar-refractivity contribution in [2.45, 2.75) is 6.54 Å². The molecule has 3 rings (SSSR count). The number of non-ortho nitro benzene ring substituents is 1. The number of amides is 2. The highest BCUT2D eigenvalue weighted by Crippen LogP contribution is 2.39. The molecule has 12 heteroatoms. The summed E-state index contributed by atoms with van der Waals surface area (Å²) < 4.78 is 15.1. The zero-order valence-electron chi connectivity index (χ0n) is 17.4. The number of nitro benzene ring substituents is 1. The Bertz CT molecular complexity index is 1170. The maximum atomic E-state index is 12.8. The summed E-state index contributed by atoms with van der Waals surface area (Å²) in [6.07, 6.45) is 1.47. The Kier molecular flexibility index (Phi) is 7.56. The van der Waals surface area contributed by atoms with Crippen LogP contribution in [0.2, 0.25) is 5.02 Å². The molecule has 172 valence electrons. The van der Waals surface area contributed by atoms with Crippen LogP contribution in [-0.2, 0) is 20.9 Å². The topological polar surface area (TPSA) is 125 Å². The third kappa shape index (κ3) is 5.62. The van der Waals surface area contributed by atoms with E-state index in [0.29, 0.717) is 11.1 Å². The largest absolute Gasteiger partial charge is 0.493 e. The molecule has 1 fully saturated rings. The van der Waals surface area contributed by atoms with E-state index in [4.69, 9.17) is 21.1 Å². The van der Waals surface area contributed by atoms with Crippen molar-refractivity contribution >= 4 is 52.2 Å². The predicted octanol–water partition coefficient (Wildman–Crippen LogP) is 4.05. The van der Waals surface area contributed by atoms with E-state index in [0.717, 1.165) is 16.7 Å². The molecule has 0 atom stereocenters. The van der Waals surface area contributed by atoms with Gasteiger partial charge < -0.3 is 14.2 Å². The van der Waals surface area contributed by atoms with Gasteiger partial charge in [0.05, 0.1) is 35.6 Å². The van der Waals surface area contributed by atoms with Crippen molar-refractivity contribution in [3.63, 3.8) is 0 Å². The fraction of sp³-hybridized carbons (Fsp3) is 0.190. The van der Waals surface area contributed by atoms with E-state index in [1.807, 2.05) is 0 Å². The Morgan fingerprint density at radius 1 is 1.24 bits per heavy atom. The van der Waals surface area contributed by atoms with Crippen molar-refractivity contribution in [2.24, 2.45) is 0 Å². The number of nitro groups is 1. The maximum Gasteiger partial charge on any atom is 0.343 e. The van der Waals surface area contributed by atoms with Crippen molar-refractivity contribution in [3.8, 4) is 11.5 Å². The van der Waals surface area contributed by atoms with Gasteiger partial charge in [-0.2, -0.15) is 0 Å². The van der Waals surface area contributed by atoms with E-state index in [1.165, 1.54) is 50.6 Å². The quantitative estimate of drug-likeness (QED) is 0.232. The maximum absolute atomic E-state index is 12.8. The number of imide groups is 1. The lowest BCUT2D eigenvalue weighted by molar-refractivity contribution is -0.384. The average molecular weight is 493 g/mol. The predicted molar refractivity (Wildman–Crippen MR) is 120 cm³/mol. The van der Waals surface area contributed by atoms with Crippen LogP contribution in [0.5, 0.6) is 11.5 Å². The van der Waals surface area contributed by atoms with Crippen LogP contribution in [0.25, 0.3) is 6.08 Å². The number of carbonyl (C=O) groups is 3. The van der Waals surface area contributed by atoms with Gasteiger partial charge in [-0.05, 0) is 41.1 Å². The first-order valence-electron chi connectivity index (χ1n) is 9.29. The van der Waals surface area contributed by atoms with Crippen molar-refractivity contribution < 1.29 is 33.5 Å². The van der Waals surface area contributed by atoms with E-state index in [2.05, 4.69) is 4.74 Å². The third-order valence-electron chi connectivity index (χ3n) is 4.45. The number of benzene rings is 2. The van der Waals surface area contributed by atoms with Gasteiger partial charge in [0.25, 0.3) is 16.8 Å². The molecule has 10 nitrogen and oxygen atoms in total. The first kappa shape index (κ1) is 24.1. The Morgan fingerprint density at radius 3 is 2.67 bits per heavy atom. The van der Waals surface area contributed by atoms with E-state index in [-0.39, 0.29) is 40.3 Å². The number of hydrogen-bond donors (Lipinski definition) is 0. The molecule has 0 radical (unpaired) electrons. The number of thioether (sulfide) groups is 1. The lowest BCUT2D eigenvalue weighted by Gasteiger charge is -2.13. The summed E-state index contributed by atoms with van der Waals surface area (Å²) in [5.41, 5.74) is 0.777. The molecule has 2 amide bonds. The standard InChI is InChI=1S/C21H17ClN2O8S/c1-30-16-8-13(7-15(22)19(16)32-11-18(25)31-2)9-17-20(26)23(21(27)33-17)10-12-4-3-5-14(6-12)24(28)29/h3-9H,10-11H2,1-2H3/b17-9+. The van der Waals surface area contributed by atoms with Gasteiger partial charge in [0.2, 0.25) is 0 Å². The molecule has 0 aliphatic carbocycles. The minimum atomic E-state index is -0.602. The second-order valence-corrected chi connectivity index (χ2v) is 7.99. The molecule has 0 bridgehead atoms. The van der Waals surface area contributed by atoms with Crippen LogP contribution < -0.4 is 9.47 Å². The number of esters is 1. The van der Waals surface area contributed by atoms with Gasteiger partial charge in [-0.1, -0.05) is 23.7 Å². The first-order valence-corrected chi connectivity index (χ1v) is 10.5. The second-order valence-electron chi connectivity index (χ2n) is 6.59. The van der Waals surface area contributed by atoms with Gasteiger partial charge in [0.15, 0.2) is 18.1 Å². The van der Waals surface area contributed by atoms with Crippen LogP contribution in [0.4, 0.5) is 10.5 Å². The minimum absolute atomic E-state index is 0.103.